The molecule has 3 unspecified atom stereocenters. The second-order valence-electron chi connectivity index (χ2n) is 3.51. The van der Waals surface area contributed by atoms with Gasteiger partial charge in [-0.05, 0) is 26.2 Å². The van der Waals surface area contributed by atoms with Gasteiger partial charge in [0, 0.05) is 6.61 Å². The van der Waals surface area contributed by atoms with Gasteiger partial charge in [0.1, 0.15) is 6.10 Å². The molecule has 3 nitrogen and oxygen atoms in total. The first-order valence-electron chi connectivity index (χ1n) is 4.75. The molecule has 2 aliphatic heterocycles. The minimum Gasteiger partial charge on any atom is -0.370 e. The Morgan fingerprint density at radius 3 is 2.75 bits per heavy atom. The largest absolute Gasteiger partial charge is 0.370 e. The fourth-order valence-corrected chi connectivity index (χ4v) is 1.47. The Labute approximate surface area is 73.0 Å². The quantitative estimate of drug-likeness (QED) is 0.601. The lowest BCUT2D eigenvalue weighted by atomic mass is 10.2. The molecule has 0 aromatic heterocycles. The van der Waals surface area contributed by atoms with Crippen molar-refractivity contribution in [3.05, 3.63) is 0 Å². The maximum atomic E-state index is 5.67. The molecule has 0 amide bonds. The zero-order chi connectivity index (χ0) is 8.39. The predicted octanol–water partition coefficient (Wildman–Crippen LogP) is 1.32. The summed E-state index contributed by atoms with van der Waals surface area (Å²) in [7, 11) is 0. The fraction of sp³-hybridized carbons (Fsp3) is 1.00. The topological polar surface area (TPSA) is 31.0 Å². The minimum absolute atomic E-state index is 0.0259. The summed E-state index contributed by atoms with van der Waals surface area (Å²) in [5.74, 6) is 0. The SMILES string of the molecule is CC(OC1CCCCO1)C1CO1. The molecule has 0 spiro atoms. The molecule has 70 valence electrons. The molecule has 0 radical (unpaired) electrons. The zero-order valence-corrected chi connectivity index (χ0v) is 7.49. The highest BCUT2D eigenvalue weighted by Crippen LogP contribution is 2.21. The van der Waals surface area contributed by atoms with Gasteiger partial charge in [-0.2, -0.15) is 0 Å². The lowest BCUT2D eigenvalue weighted by molar-refractivity contribution is -0.187. The molecule has 0 aromatic carbocycles. The van der Waals surface area contributed by atoms with Crippen LogP contribution in [0.1, 0.15) is 26.2 Å². The van der Waals surface area contributed by atoms with Crippen LogP contribution in [0.25, 0.3) is 0 Å². The van der Waals surface area contributed by atoms with Gasteiger partial charge in [-0.1, -0.05) is 0 Å². The first kappa shape index (κ1) is 8.48. The van der Waals surface area contributed by atoms with Crippen LogP contribution in [-0.2, 0) is 14.2 Å². The molecule has 0 aliphatic carbocycles. The average Bonchev–Trinajstić information content (AvgIpc) is 2.88. The monoisotopic (exact) mass is 172 g/mol. The number of hydrogen-bond donors (Lipinski definition) is 0. The van der Waals surface area contributed by atoms with Crippen molar-refractivity contribution in [3.63, 3.8) is 0 Å². The molecule has 0 saturated carbocycles. The maximum absolute atomic E-state index is 5.67. The van der Waals surface area contributed by atoms with Crippen LogP contribution in [0.2, 0.25) is 0 Å². The Balaban J connectivity index is 1.69. The third-order valence-corrected chi connectivity index (χ3v) is 2.39. The van der Waals surface area contributed by atoms with Crippen LogP contribution in [-0.4, -0.2) is 31.7 Å². The van der Waals surface area contributed by atoms with Gasteiger partial charge >= 0.3 is 0 Å². The molecule has 2 fully saturated rings. The number of epoxide rings is 1. The molecule has 2 saturated heterocycles. The van der Waals surface area contributed by atoms with E-state index in [1.54, 1.807) is 0 Å². The average molecular weight is 172 g/mol. The number of ether oxygens (including phenoxy) is 3. The summed E-state index contributed by atoms with van der Waals surface area (Å²) in [5, 5.41) is 0. The van der Waals surface area contributed by atoms with Crippen molar-refractivity contribution in [1.82, 2.24) is 0 Å². The van der Waals surface area contributed by atoms with Crippen molar-refractivity contribution in [1.29, 1.82) is 0 Å². The van der Waals surface area contributed by atoms with Crippen molar-refractivity contribution in [2.24, 2.45) is 0 Å². The van der Waals surface area contributed by atoms with E-state index < -0.39 is 0 Å². The summed E-state index contributed by atoms with van der Waals surface area (Å²) in [4.78, 5) is 0. The van der Waals surface area contributed by atoms with E-state index in [-0.39, 0.29) is 12.4 Å². The third kappa shape index (κ3) is 2.19. The van der Waals surface area contributed by atoms with Gasteiger partial charge in [-0.3, -0.25) is 0 Å². The minimum atomic E-state index is 0.0259. The normalized spacial score (nSPS) is 37.8. The summed E-state index contributed by atoms with van der Waals surface area (Å²) in [6.45, 7) is 3.76. The standard InChI is InChI=1S/C9H16O3/c1-7(8-6-11-8)12-9-4-2-3-5-10-9/h7-9H,2-6H2,1H3. The van der Waals surface area contributed by atoms with E-state index in [1.807, 2.05) is 0 Å². The lowest BCUT2D eigenvalue weighted by Gasteiger charge is -2.25. The van der Waals surface area contributed by atoms with Crippen LogP contribution in [0.4, 0.5) is 0 Å². The first-order chi connectivity index (χ1) is 5.86. The molecule has 3 atom stereocenters. The van der Waals surface area contributed by atoms with Gasteiger partial charge in [0.2, 0.25) is 0 Å². The zero-order valence-electron chi connectivity index (χ0n) is 7.49. The first-order valence-corrected chi connectivity index (χ1v) is 4.75. The Hall–Kier alpha value is -0.120. The van der Waals surface area contributed by atoms with Crippen molar-refractivity contribution in [2.75, 3.05) is 13.2 Å². The van der Waals surface area contributed by atoms with E-state index in [9.17, 15) is 0 Å². The van der Waals surface area contributed by atoms with Gasteiger partial charge < -0.3 is 14.2 Å². The summed E-state index contributed by atoms with van der Waals surface area (Å²) in [5.41, 5.74) is 0. The Bertz CT molecular complexity index is 139. The van der Waals surface area contributed by atoms with E-state index in [4.69, 9.17) is 14.2 Å². The smallest absolute Gasteiger partial charge is 0.158 e. The second-order valence-corrected chi connectivity index (χ2v) is 3.51. The highest BCUT2D eigenvalue weighted by Gasteiger charge is 2.32. The van der Waals surface area contributed by atoms with Gasteiger partial charge in [0.05, 0.1) is 12.7 Å². The van der Waals surface area contributed by atoms with E-state index >= 15 is 0 Å². The molecule has 3 heteroatoms. The Kier molecular flexibility index (Phi) is 2.63. The van der Waals surface area contributed by atoms with Gasteiger partial charge in [-0.25, -0.2) is 0 Å². The summed E-state index contributed by atoms with van der Waals surface area (Å²) < 4.78 is 16.2. The van der Waals surface area contributed by atoms with E-state index in [2.05, 4.69) is 6.92 Å². The number of hydrogen-bond acceptors (Lipinski definition) is 3. The predicted molar refractivity (Wildman–Crippen MR) is 43.9 cm³/mol. The molecule has 2 aliphatic rings. The van der Waals surface area contributed by atoms with Crippen LogP contribution in [0.15, 0.2) is 0 Å². The summed E-state index contributed by atoms with van der Waals surface area (Å²) in [6.07, 6.45) is 4.00. The highest BCUT2D eigenvalue weighted by molar-refractivity contribution is 4.76. The van der Waals surface area contributed by atoms with Crippen LogP contribution in [0, 0.1) is 0 Å². The Morgan fingerprint density at radius 1 is 1.33 bits per heavy atom. The van der Waals surface area contributed by atoms with Crippen molar-refractivity contribution < 1.29 is 14.2 Å². The molecule has 0 N–H and O–H groups in total. The van der Waals surface area contributed by atoms with Crippen molar-refractivity contribution >= 4 is 0 Å². The Morgan fingerprint density at radius 2 is 2.17 bits per heavy atom. The molecule has 2 heterocycles. The van der Waals surface area contributed by atoms with Crippen molar-refractivity contribution in [2.45, 2.75) is 44.7 Å². The maximum Gasteiger partial charge on any atom is 0.158 e. The molecule has 12 heavy (non-hydrogen) atoms. The van der Waals surface area contributed by atoms with Crippen LogP contribution in [0.5, 0.6) is 0 Å². The van der Waals surface area contributed by atoms with Crippen LogP contribution in [0.3, 0.4) is 0 Å². The molecule has 2 rings (SSSR count). The van der Waals surface area contributed by atoms with Crippen LogP contribution < -0.4 is 0 Å². The summed E-state index contributed by atoms with van der Waals surface area (Å²) >= 11 is 0. The second kappa shape index (κ2) is 3.73. The molecule has 0 aromatic rings. The summed E-state index contributed by atoms with van der Waals surface area (Å²) in [6, 6.07) is 0. The molecular formula is C9H16O3. The van der Waals surface area contributed by atoms with E-state index in [0.717, 1.165) is 19.6 Å². The van der Waals surface area contributed by atoms with Gasteiger partial charge in [-0.15, -0.1) is 0 Å². The van der Waals surface area contributed by atoms with Crippen molar-refractivity contribution in [3.8, 4) is 0 Å². The third-order valence-electron chi connectivity index (χ3n) is 2.39. The van der Waals surface area contributed by atoms with Crippen LogP contribution >= 0.6 is 0 Å². The van der Waals surface area contributed by atoms with Gasteiger partial charge in [0.25, 0.3) is 0 Å². The van der Waals surface area contributed by atoms with E-state index in [0.29, 0.717) is 6.10 Å². The van der Waals surface area contributed by atoms with E-state index in [1.165, 1.54) is 12.8 Å². The highest BCUT2D eigenvalue weighted by atomic mass is 16.7. The molecule has 0 bridgehead atoms. The fourth-order valence-electron chi connectivity index (χ4n) is 1.47. The van der Waals surface area contributed by atoms with Gasteiger partial charge in [0.15, 0.2) is 6.29 Å². The lowest BCUT2D eigenvalue weighted by Crippen LogP contribution is -2.29. The number of rotatable bonds is 3. The molecular weight excluding hydrogens is 156 g/mol.